The highest BCUT2D eigenvalue weighted by Crippen LogP contribution is 2.28. The summed E-state index contributed by atoms with van der Waals surface area (Å²) in [7, 11) is 0. The van der Waals surface area contributed by atoms with Gasteiger partial charge in [0.05, 0.1) is 17.6 Å². The fraction of sp³-hybridized carbons (Fsp3) is 0.444. The van der Waals surface area contributed by atoms with Crippen molar-refractivity contribution in [3.63, 3.8) is 0 Å². The Labute approximate surface area is 150 Å². The van der Waals surface area contributed by atoms with E-state index in [2.05, 4.69) is 36.5 Å². The molecule has 0 atom stereocenters. The second kappa shape index (κ2) is 7.25. The van der Waals surface area contributed by atoms with Gasteiger partial charge in [-0.2, -0.15) is 4.98 Å². The average molecular weight is 354 g/mol. The first-order chi connectivity index (χ1) is 12.7. The topological polar surface area (TPSA) is 92.8 Å². The molecule has 3 aromatic rings. The van der Waals surface area contributed by atoms with Gasteiger partial charge < -0.3 is 14.1 Å². The Bertz CT molecular complexity index is 899. The molecule has 1 fully saturated rings. The molecule has 0 unspecified atom stereocenters. The Kier molecular flexibility index (Phi) is 4.66. The van der Waals surface area contributed by atoms with Crippen molar-refractivity contribution < 1.29 is 4.52 Å². The van der Waals surface area contributed by atoms with Crippen LogP contribution in [0.4, 0.5) is 0 Å². The number of aromatic nitrogens is 5. The van der Waals surface area contributed by atoms with Crippen LogP contribution >= 0.6 is 0 Å². The second-order valence-electron chi connectivity index (χ2n) is 6.62. The van der Waals surface area contributed by atoms with Crippen LogP contribution in [-0.2, 0) is 13.1 Å². The molecule has 0 radical (unpaired) electrons. The normalized spacial score (nSPS) is 16.2. The Morgan fingerprint density at radius 2 is 2.15 bits per heavy atom. The Hall–Kier alpha value is -2.74. The van der Waals surface area contributed by atoms with Crippen molar-refractivity contribution >= 4 is 0 Å². The van der Waals surface area contributed by atoms with Crippen LogP contribution < -0.4 is 5.56 Å². The maximum absolute atomic E-state index is 11.2. The van der Waals surface area contributed by atoms with Gasteiger partial charge in [-0.05, 0) is 38.9 Å². The van der Waals surface area contributed by atoms with E-state index in [1.807, 2.05) is 12.5 Å². The van der Waals surface area contributed by atoms with Gasteiger partial charge in [0.15, 0.2) is 5.82 Å². The lowest BCUT2D eigenvalue weighted by molar-refractivity contribution is 0.196. The number of piperidine rings is 1. The molecule has 1 aliphatic rings. The maximum atomic E-state index is 11.2. The van der Waals surface area contributed by atoms with E-state index in [9.17, 15) is 4.79 Å². The number of pyridine rings is 1. The third kappa shape index (κ3) is 3.45. The van der Waals surface area contributed by atoms with Crippen molar-refractivity contribution in [3.8, 4) is 11.5 Å². The number of rotatable bonds is 5. The molecule has 0 spiro atoms. The molecule has 1 saturated heterocycles. The van der Waals surface area contributed by atoms with Crippen LogP contribution in [0.5, 0.6) is 0 Å². The van der Waals surface area contributed by atoms with Gasteiger partial charge in [-0.25, -0.2) is 4.98 Å². The van der Waals surface area contributed by atoms with Gasteiger partial charge in [0.25, 0.3) is 5.89 Å². The Morgan fingerprint density at radius 1 is 1.31 bits per heavy atom. The number of aromatic amines is 1. The van der Waals surface area contributed by atoms with E-state index >= 15 is 0 Å². The molecule has 8 heteroatoms. The van der Waals surface area contributed by atoms with Crippen LogP contribution in [0.1, 0.15) is 37.2 Å². The first kappa shape index (κ1) is 16.7. The summed E-state index contributed by atoms with van der Waals surface area (Å²) in [5.74, 6) is 1.51. The minimum Gasteiger partial charge on any atom is -0.334 e. The van der Waals surface area contributed by atoms with E-state index in [1.54, 1.807) is 12.3 Å². The van der Waals surface area contributed by atoms with Crippen molar-refractivity contribution in [2.24, 2.45) is 0 Å². The molecule has 8 nitrogen and oxygen atoms in total. The van der Waals surface area contributed by atoms with E-state index < -0.39 is 0 Å². The fourth-order valence-electron chi connectivity index (χ4n) is 3.40. The standard InChI is InChI=1S/C18H22N6O2/c1-2-24-12-19-10-15(24)11-23-7-5-13(6-8-23)17-21-18(26-22-17)14-3-4-16(25)20-9-14/h3-4,9-10,12-13H,2,5-8,11H2,1H3,(H,20,25). The number of hydrogen-bond acceptors (Lipinski definition) is 6. The molecule has 0 aromatic carbocycles. The summed E-state index contributed by atoms with van der Waals surface area (Å²) >= 11 is 0. The molecule has 1 N–H and O–H groups in total. The minimum absolute atomic E-state index is 0.148. The van der Waals surface area contributed by atoms with Gasteiger partial charge in [0.1, 0.15) is 0 Å². The predicted octanol–water partition coefficient (Wildman–Crippen LogP) is 2.02. The lowest BCUT2D eigenvalue weighted by atomic mass is 9.96. The molecule has 4 heterocycles. The smallest absolute Gasteiger partial charge is 0.259 e. The minimum atomic E-state index is -0.148. The summed E-state index contributed by atoms with van der Waals surface area (Å²) in [5, 5.41) is 4.16. The number of hydrogen-bond donors (Lipinski definition) is 1. The summed E-state index contributed by atoms with van der Waals surface area (Å²) in [6, 6.07) is 3.15. The third-order valence-electron chi connectivity index (χ3n) is 4.95. The third-order valence-corrected chi connectivity index (χ3v) is 4.95. The summed E-state index contributed by atoms with van der Waals surface area (Å²) in [5.41, 5.74) is 1.84. The molecular weight excluding hydrogens is 332 g/mol. The number of imidazole rings is 1. The summed E-state index contributed by atoms with van der Waals surface area (Å²) < 4.78 is 7.56. The number of nitrogens with zero attached hydrogens (tertiary/aromatic N) is 5. The van der Waals surface area contributed by atoms with E-state index in [0.717, 1.165) is 50.4 Å². The number of aryl methyl sites for hydroxylation is 1. The zero-order chi connectivity index (χ0) is 17.9. The van der Waals surface area contributed by atoms with Crippen LogP contribution in [0, 0.1) is 0 Å². The number of H-pyrrole nitrogens is 1. The SMILES string of the molecule is CCn1cncc1CN1CCC(c2noc(-c3ccc(=O)[nH]c3)n2)CC1. The average Bonchev–Trinajstić information content (AvgIpc) is 3.32. The first-order valence-electron chi connectivity index (χ1n) is 8.97. The summed E-state index contributed by atoms with van der Waals surface area (Å²) in [6.07, 6.45) is 7.44. The summed E-state index contributed by atoms with van der Waals surface area (Å²) in [6.45, 7) is 6.01. The van der Waals surface area contributed by atoms with Crippen LogP contribution in [0.2, 0.25) is 0 Å². The monoisotopic (exact) mass is 354 g/mol. The van der Waals surface area contributed by atoms with Gasteiger partial charge in [-0.1, -0.05) is 5.16 Å². The van der Waals surface area contributed by atoms with Gasteiger partial charge in [-0.3, -0.25) is 9.69 Å². The fourth-order valence-corrected chi connectivity index (χ4v) is 3.40. The van der Waals surface area contributed by atoms with Crippen LogP contribution in [0.15, 0.2) is 40.2 Å². The lowest BCUT2D eigenvalue weighted by Gasteiger charge is -2.30. The quantitative estimate of drug-likeness (QED) is 0.753. The zero-order valence-electron chi connectivity index (χ0n) is 14.8. The Balaban J connectivity index is 1.38. The molecule has 26 heavy (non-hydrogen) atoms. The van der Waals surface area contributed by atoms with Crippen molar-refractivity contribution in [1.82, 2.24) is 29.6 Å². The first-order valence-corrected chi connectivity index (χ1v) is 8.97. The second-order valence-corrected chi connectivity index (χ2v) is 6.62. The van der Waals surface area contributed by atoms with Crippen molar-refractivity contribution in [1.29, 1.82) is 0 Å². The van der Waals surface area contributed by atoms with Gasteiger partial charge in [-0.15, -0.1) is 0 Å². The molecule has 1 aliphatic heterocycles. The highest BCUT2D eigenvalue weighted by Gasteiger charge is 2.25. The Morgan fingerprint density at radius 3 is 2.88 bits per heavy atom. The number of likely N-dealkylation sites (tertiary alicyclic amines) is 1. The molecule has 0 saturated carbocycles. The summed E-state index contributed by atoms with van der Waals surface area (Å²) in [4.78, 5) is 25.0. The van der Waals surface area contributed by atoms with Gasteiger partial charge in [0.2, 0.25) is 5.56 Å². The van der Waals surface area contributed by atoms with Gasteiger partial charge in [0, 0.05) is 37.5 Å². The molecule has 0 amide bonds. The predicted molar refractivity (Wildman–Crippen MR) is 95.5 cm³/mol. The van der Waals surface area contributed by atoms with Crippen molar-refractivity contribution in [2.45, 2.75) is 38.8 Å². The van der Waals surface area contributed by atoms with Crippen LogP contribution in [0.25, 0.3) is 11.5 Å². The molecule has 3 aromatic heterocycles. The van der Waals surface area contributed by atoms with E-state index in [0.29, 0.717) is 11.8 Å². The highest BCUT2D eigenvalue weighted by atomic mass is 16.5. The zero-order valence-corrected chi connectivity index (χ0v) is 14.8. The highest BCUT2D eigenvalue weighted by molar-refractivity contribution is 5.50. The van der Waals surface area contributed by atoms with Crippen LogP contribution in [-0.4, -0.2) is 42.7 Å². The van der Waals surface area contributed by atoms with Crippen molar-refractivity contribution in [3.05, 3.63) is 52.7 Å². The number of nitrogens with one attached hydrogen (secondary N) is 1. The molecule has 0 bridgehead atoms. The van der Waals surface area contributed by atoms with E-state index in [-0.39, 0.29) is 5.56 Å². The van der Waals surface area contributed by atoms with E-state index in [4.69, 9.17) is 4.52 Å². The molecule has 136 valence electrons. The van der Waals surface area contributed by atoms with Gasteiger partial charge >= 0.3 is 0 Å². The lowest BCUT2D eigenvalue weighted by Crippen LogP contribution is -2.33. The van der Waals surface area contributed by atoms with E-state index in [1.165, 1.54) is 11.8 Å². The molecule has 4 rings (SSSR count). The largest absolute Gasteiger partial charge is 0.334 e. The molecular formula is C18H22N6O2. The molecule has 0 aliphatic carbocycles. The van der Waals surface area contributed by atoms with Crippen molar-refractivity contribution in [2.75, 3.05) is 13.1 Å². The maximum Gasteiger partial charge on any atom is 0.259 e. The van der Waals surface area contributed by atoms with Crippen LogP contribution in [0.3, 0.4) is 0 Å².